The predicted molar refractivity (Wildman–Crippen MR) is 223 cm³/mol. The molecule has 6 heterocycles. The number of carbonyl (C=O) groups excluding carboxylic acids is 4. The Morgan fingerprint density at radius 1 is 1.05 bits per heavy atom. The number of aromatic nitrogens is 1. The van der Waals surface area contributed by atoms with Crippen LogP contribution in [-0.4, -0.2) is 133 Å². The van der Waals surface area contributed by atoms with Gasteiger partial charge in [0.2, 0.25) is 12.0 Å². The van der Waals surface area contributed by atoms with Crippen LogP contribution in [0, 0.1) is 11.8 Å². The van der Waals surface area contributed by atoms with E-state index in [2.05, 4.69) is 39.9 Å². The van der Waals surface area contributed by atoms with Gasteiger partial charge in [0.05, 0.1) is 38.7 Å². The van der Waals surface area contributed by atoms with Crippen molar-refractivity contribution >= 4 is 40.9 Å². The number of ether oxygens (including phenoxy) is 4. The Bertz CT molecular complexity index is 2220. The van der Waals surface area contributed by atoms with Gasteiger partial charge in [0.1, 0.15) is 17.8 Å². The first-order valence-electron chi connectivity index (χ1n) is 21.2. The number of piperidine rings is 1. The molecule has 14 heteroatoms. The number of H-pyrrole nitrogens is 1. The summed E-state index contributed by atoms with van der Waals surface area (Å²) in [6.07, 6.45) is 7.89. The molecular formula is C46H58N4O10. The molecule has 3 N–H and O–H groups in total. The summed E-state index contributed by atoms with van der Waals surface area (Å²) >= 11 is 0. The number of hydrogen-bond acceptors (Lipinski definition) is 12. The largest absolute Gasteiger partial charge is 0.496 e. The molecule has 0 radical (unpaired) electrons. The molecule has 5 aliphatic heterocycles. The van der Waals surface area contributed by atoms with Crippen LogP contribution in [0.5, 0.6) is 5.75 Å². The van der Waals surface area contributed by atoms with Crippen LogP contribution in [0.1, 0.15) is 75.3 Å². The zero-order chi connectivity index (χ0) is 42.8. The fraction of sp³-hybridized carbons (Fsp3) is 0.565. The van der Waals surface area contributed by atoms with Crippen LogP contribution in [0.25, 0.3) is 10.9 Å². The van der Waals surface area contributed by atoms with Crippen LogP contribution < -0.4 is 9.64 Å². The predicted octanol–water partition coefficient (Wildman–Crippen LogP) is 3.77. The highest BCUT2D eigenvalue weighted by Crippen LogP contribution is 2.61. The van der Waals surface area contributed by atoms with Crippen LogP contribution in [0.15, 0.2) is 48.6 Å². The Labute approximate surface area is 350 Å². The lowest BCUT2D eigenvalue weighted by Gasteiger charge is -2.49. The monoisotopic (exact) mass is 826 g/mol. The highest BCUT2D eigenvalue weighted by molar-refractivity contribution is 5.96. The Balaban J connectivity index is 1.47. The number of aromatic amines is 1. The van der Waals surface area contributed by atoms with Crippen molar-refractivity contribution < 1.29 is 48.3 Å². The normalized spacial score (nSPS) is 31.9. The minimum Gasteiger partial charge on any atom is -0.496 e. The van der Waals surface area contributed by atoms with Gasteiger partial charge in [-0.25, -0.2) is 4.79 Å². The molecule has 1 amide bonds. The van der Waals surface area contributed by atoms with Crippen LogP contribution in [0.3, 0.4) is 0 Å². The van der Waals surface area contributed by atoms with Crippen LogP contribution in [-0.2, 0) is 50.6 Å². The number of nitrogens with zero attached hydrogens (tertiary/aromatic N) is 3. The van der Waals surface area contributed by atoms with Gasteiger partial charge in [0.15, 0.2) is 0 Å². The van der Waals surface area contributed by atoms with Crippen LogP contribution >= 0.6 is 0 Å². The Morgan fingerprint density at radius 2 is 1.83 bits per heavy atom. The first kappa shape index (κ1) is 42.0. The molecule has 14 nitrogen and oxygen atoms in total. The van der Waals surface area contributed by atoms with Crippen molar-refractivity contribution in [2.24, 2.45) is 11.8 Å². The van der Waals surface area contributed by atoms with E-state index in [0.29, 0.717) is 93.1 Å². The van der Waals surface area contributed by atoms with Gasteiger partial charge in [-0.3, -0.25) is 24.2 Å². The molecule has 322 valence electrons. The molecule has 4 unspecified atom stereocenters. The van der Waals surface area contributed by atoms with Gasteiger partial charge >= 0.3 is 17.9 Å². The molecule has 2 fully saturated rings. The van der Waals surface area contributed by atoms with E-state index in [4.69, 9.17) is 18.9 Å². The minimum atomic E-state index is -2.51. The lowest BCUT2D eigenvalue weighted by atomic mass is 9.61. The number of benzene rings is 2. The number of hydrogen-bond donors (Lipinski definition) is 3. The van der Waals surface area contributed by atoms with Crippen molar-refractivity contribution in [3.63, 3.8) is 0 Å². The number of para-hydroxylation sites is 1. The molecule has 2 aromatic carbocycles. The van der Waals surface area contributed by atoms with Crippen molar-refractivity contribution in [3.8, 4) is 5.75 Å². The van der Waals surface area contributed by atoms with Gasteiger partial charge in [-0.2, -0.15) is 0 Å². The first-order chi connectivity index (χ1) is 28.8. The number of esters is 3. The quantitative estimate of drug-likeness (QED) is 0.117. The lowest BCUT2D eigenvalue weighted by molar-refractivity contribution is -0.178. The number of anilines is 1. The van der Waals surface area contributed by atoms with E-state index in [1.54, 1.807) is 6.07 Å². The molecule has 3 aromatic rings. The smallest absolute Gasteiger partial charge is 0.343 e. The standard InChI is InChI=1S/C46H58N4O10/c1-7-30-12-11-17-49-19-16-44(39(30)49)33-20-34(37(57-4)21-36(33)50(27-51)40(44)46(56,42(54)59-6)26-60-28(3)52)45(41(53)58-5)23-29-22-43(55,8-2)25-48(24-29)18-15-32-31-13-9-10-14-35(31)47-38(32)45/h9-14,20-21,27,29-30,39-40,47,55-56H,7-8,15-19,22-26H2,1-6H3/t29?,30-,39-,40+,43-,44?,45-,46?/m0/s1. The van der Waals surface area contributed by atoms with Crippen molar-refractivity contribution in [1.82, 2.24) is 14.8 Å². The molecule has 8 rings (SSSR count). The molecule has 1 spiro atoms. The molecule has 2 saturated heterocycles. The third kappa shape index (κ3) is 6.19. The van der Waals surface area contributed by atoms with Gasteiger partial charge in [0, 0.05) is 72.8 Å². The summed E-state index contributed by atoms with van der Waals surface area (Å²) in [5.41, 5.74) is -2.09. The summed E-state index contributed by atoms with van der Waals surface area (Å²) in [5.74, 6) is -2.19. The molecule has 5 aliphatic rings. The SMILES string of the molecule is CC[C@H]1C=CCN2CCC3(c4cc([C@@]5(C(=O)OC)CC6CN(CCc7c5[nH]c5ccccc75)C[C@](O)(CC)C6)c(OC)cc4N(C=O)[C@H]3C(O)(COC(C)=O)C(=O)OC)[C@H]12. The zero-order valence-corrected chi connectivity index (χ0v) is 35.5. The zero-order valence-electron chi connectivity index (χ0n) is 35.5. The molecule has 0 aliphatic carbocycles. The average molecular weight is 827 g/mol. The second kappa shape index (κ2) is 15.6. The number of fused-ring (bicyclic) bond motifs is 9. The summed E-state index contributed by atoms with van der Waals surface area (Å²) in [6.45, 7) is 7.55. The summed E-state index contributed by atoms with van der Waals surface area (Å²) < 4.78 is 22.9. The summed E-state index contributed by atoms with van der Waals surface area (Å²) in [7, 11) is 4.06. The Hall–Kier alpha value is -4.76. The summed E-state index contributed by atoms with van der Waals surface area (Å²) in [6, 6.07) is 10.1. The van der Waals surface area contributed by atoms with Gasteiger partial charge in [-0.1, -0.05) is 44.2 Å². The first-order valence-corrected chi connectivity index (χ1v) is 21.2. The molecule has 9 atom stereocenters. The second-order valence-corrected chi connectivity index (χ2v) is 17.7. The topological polar surface area (TPSA) is 171 Å². The molecule has 0 saturated carbocycles. The summed E-state index contributed by atoms with van der Waals surface area (Å²) in [4.78, 5) is 65.2. The van der Waals surface area contributed by atoms with E-state index in [-0.39, 0.29) is 24.3 Å². The van der Waals surface area contributed by atoms with E-state index in [1.165, 1.54) is 26.0 Å². The fourth-order valence-electron chi connectivity index (χ4n) is 12.3. The molecule has 1 aromatic heterocycles. The molecule has 60 heavy (non-hydrogen) atoms. The van der Waals surface area contributed by atoms with E-state index in [1.807, 2.05) is 31.2 Å². The Morgan fingerprint density at radius 3 is 2.52 bits per heavy atom. The number of nitrogens with one attached hydrogen (secondary N) is 1. The van der Waals surface area contributed by atoms with Crippen molar-refractivity contribution in [2.45, 2.75) is 93.4 Å². The van der Waals surface area contributed by atoms with Crippen LogP contribution in [0.4, 0.5) is 5.69 Å². The van der Waals surface area contributed by atoms with Gasteiger partial charge in [-0.15, -0.1) is 0 Å². The van der Waals surface area contributed by atoms with Gasteiger partial charge in [-0.05, 0) is 80.2 Å². The number of rotatable bonds is 10. The van der Waals surface area contributed by atoms with Crippen molar-refractivity contribution in [3.05, 3.63) is 70.9 Å². The van der Waals surface area contributed by atoms with Gasteiger partial charge < -0.3 is 39.0 Å². The van der Waals surface area contributed by atoms with Gasteiger partial charge in [0.25, 0.3) is 0 Å². The summed E-state index contributed by atoms with van der Waals surface area (Å²) in [5, 5.41) is 25.8. The average Bonchev–Trinajstić information content (AvgIpc) is 3.93. The number of carbonyl (C=O) groups is 4. The Kier molecular flexibility index (Phi) is 10.9. The maximum Gasteiger partial charge on any atom is 0.343 e. The van der Waals surface area contributed by atoms with E-state index < -0.39 is 52.6 Å². The van der Waals surface area contributed by atoms with E-state index in [0.717, 1.165) is 30.0 Å². The van der Waals surface area contributed by atoms with E-state index >= 15 is 4.79 Å². The lowest BCUT2D eigenvalue weighted by Crippen LogP contribution is -2.69. The maximum absolute atomic E-state index is 15.3. The highest BCUT2D eigenvalue weighted by atomic mass is 16.6. The number of aliphatic hydroxyl groups is 2. The number of amides is 1. The minimum absolute atomic E-state index is 0.0656. The van der Waals surface area contributed by atoms with Crippen molar-refractivity contribution in [2.75, 3.05) is 65.6 Å². The number of methoxy groups -OCH3 is 3. The third-order valence-electron chi connectivity index (χ3n) is 14.7. The van der Waals surface area contributed by atoms with Crippen molar-refractivity contribution in [1.29, 1.82) is 0 Å². The van der Waals surface area contributed by atoms with E-state index in [9.17, 15) is 24.6 Å². The van der Waals surface area contributed by atoms with Crippen LogP contribution in [0.2, 0.25) is 0 Å². The maximum atomic E-state index is 15.3. The molecular weight excluding hydrogens is 769 g/mol. The molecule has 2 bridgehead atoms. The fourth-order valence-corrected chi connectivity index (χ4v) is 12.3. The third-order valence-corrected chi connectivity index (χ3v) is 14.7. The second-order valence-electron chi connectivity index (χ2n) is 17.7. The highest BCUT2D eigenvalue weighted by Gasteiger charge is 2.70.